The molecular weight excluding hydrogens is 1190 g/mol. The monoisotopic (exact) mass is 1290 g/mol. The smallest absolute Gasteiger partial charge is 0.331 e. The van der Waals surface area contributed by atoms with Crippen molar-refractivity contribution in [2.75, 3.05) is 13.7 Å². The van der Waals surface area contributed by atoms with Crippen LogP contribution in [0.15, 0.2) is 103 Å². The summed E-state index contributed by atoms with van der Waals surface area (Å²) in [5.41, 5.74) is 1.06. The van der Waals surface area contributed by atoms with Crippen LogP contribution >= 0.6 is 0 Å². The lowest BCUT2D eigenvalue weighted by Gasteiger charge is -2.76. The summed E-state index contributed by atoms with van der Waals surface area (Å²) in [6.45, 7) is 2.02. The molecular formula is C86H103NO9. The van der Waals surface area contributed by atoms with E-state index in [9.17, 15) is 15.0 Å². The molecule has 6 N–H and O–H groups in total. The highest BCUT2D eigenvalue weighted by molar-refractivity contribution is 5.87. The number of nitrogens with one attached hydrogen (secondary N) is 1. The summed E-state index contributed by atoms with van der Waals surface area (Å²) in [4.78, 5) is 31.0. The minimum absolute atomic E-state index is 0.0472. The van der Waals surface area contributed by atoms with E-state index in [1.54, 1.807) is 6.08 Å². The molecule has 4 aromatic carbocycles. The molecule has 10 saturated carbocycles. The Balaban J connectivity index is 0.856. The van der Waals surface area contributed by atoms with Crippen LogP contribution in [0.25, 0.3) is 0 Å². The van der Waals surface area contributed by atoms with Gasteiger partial charge in [-0.05, 0) is 295 Å². The lowest BCUT2D eigenvalue weighted by atomic mass is 9.31. The fraction of sp³-hybridized carbons (Fsp3) is 0.651. The molecule has 96 heavy (non-hydrogen) atoms. The van der Waals surface area contributed by atoms with E-state index in [0.717, 1.165) is 112 Å². The summed E-state index contributed by atoms with van der Waals surface area (Å²) in [7, 11) is 1.97. The number of rotatable bonds is 4. The van der Waals surface area contributed by atoms with Gasteiger partial charge < -0.3 is 45.1 Å². The highest BCUT2D eigenvalue weighted by atomic mass is 16.5. The van der Waals surface area contributed by atoms with Gasteiger partial charge in [0.15, 0.2) is 0 Å². The molecule has 10 heteroatoms. The molecule has 22 rings (SSSR count). The Hall–Kier alpha value is -4.96. The van der Waals surface area contributed by atoms with Crippen molar-refractivity contribution in [2.24, 2.45) is 104 Å². The molecule has 26 atom stereocenters. The zero-order valence-corrected chi connectivity index (χ0v) is 56.9. The minimum Gasteiger partial charge on any atom is -0.454 e. The van der Waals surface area contributed by atoms with E-state index >= 15 is 20.1 Å². The molecule has 3 spiro atoms. The molecule has 0 aromatic heterocycles. The molecule has 15 aliphatic carbocycles. The molecule has 3 heterocycles. The summed E-state index contributed by atoms with van der Waals surface area (Å²) in [6.07, 6.45) is 21.8. The molecule has 18 aliphatic rings. The Morgan fingerprint density at radius 1 is 0.677 bits per heavy atom. The molecule has 0 radical (unpaired) electrons. The number of benzene rings is 4. The van der Waals surface area contributed by atoms with Crippen LogP contribution in [0, 0.1) is 116 Å². The molecule has 25 bridgehead atoms. The van der Waals surface area contributed by atoms with Gasteiger partial charge in [0.05, 0.1) is 42.0 Å². The zero-order valence-electron chi connectivity index (χ0n) is 56.9. The maximum Gasteiger partial charge on any atom is 0.331 e. The Labute approximate surface area is 569 Å². The lowest BCUT2D eigenvalue weighted by molar-refractivity contribution is -0.374. The van der Waals surface area contributed by atoms with Gasteiger partial charge in [0, 0.05) is 57.1 Å². The summed E-state index contributed by atoms with van der Waals surface area (Å²) in [5.74, 6) is 8.33. The number of aliphatic hydroxyl groups is 5. The van der Waals surface area contributed by atoms with E-state index in [1.807, 2.05) is 19.2 Å². The van der Waals surface area contributed by atoms with Crippen LogP contribution in [0.5, 0.6) is 0 Å². The third-order valence-corrected chi connectivity index (χ3v) is 32.7. The van der Waals surface area contributed by atoms with E-state index in [0.29, 0.717) is 74.5 Å². The number of ether oxygens (including phenoxy) is 2. The van der Waals surface area contributed by atoms with Gasteiger partial charge in [-0.15, -0.1) is 0 Å². The van der Waals surface area contributed by atoms with Crippen LogP contribution in [0.4, 0.5) is 0 Å². The van der Waals surface area contributed by atoms with Crippen molar-refractivity contribution in [2.45, 2.75) is 228 Å². The second-order valence-corrected chi connectivity index (χ2v) is 35.9. The normalized spacial score (nSPS) is 47.9. The second kappa shape index (κ2) is 22.0. The first-order valence-corrected chi connectivity index (χ1v) is 38.5. The average molecular weight is 1290 g/mol. The fourth-order valence-corrected chi connectivity index (χ4v) is 29.2. The van der Waals surface area contributed by atoms with Crippen LogP contribution < -0.4 is 5.32 Å². The third-order valence-electron chi connectivity index (χ3n) is 32.7. The van der Waals surface area contributed by atoms with Gasteiger partial charge >= 0.3 is 5.97 Å². The number of hydrogen-bond donors (Lipinski definition) is 6. The number of aliphatic hydroxyl groups excluding tert-OH is 2. The highest BCUT2D eigenvalue weighted by Gasteiger charge is 2.88. The molecule has 11 fully saturated rings. The van der Waals surface area contributed by atoms with Crippen molar-refractivity contribution in [1.29, 1.82) is 0 Å². The van der Waals surface area contributed by atoms with Crippen molar-refractivity contribution < 1.29 is 44.6 Å². The molecule has 3 aliphatic heterocycles. The molecule has 4 aromatic rings. The number of likely N-dealkylation sites (N-methyl/N-ethyl adjacent to an activating group) is 1. The zero-order chi connectivity index (χ0) is 65.1. The Morgan fingerprint density at radius 2 is 1.42 bits per heavy atom. The van der Waals surface area contributed by atoms with Crippen LogP contribution in [-0.2, 0) is 57.8 Å². The van der Waals surface area contributed by atoms with Gasteiger partial charge in [-0.1, -0.05) is 104 Å². The topological polar surface area (TPSA) is 166 Å². The van der Waals surface area contributed by atoms with Gasteiger partial charge in [0.2, 0.25) is 0 Å². The van der Waals surface area contributed by atoms with E-state index in [2.05, 4.69) is 103 Å². The van der Waals surface area contributed by atoms with Crippen molar-refractivity contribution in [3.8, 4) is 11.8 Å². The van der Waals surface area contributed by atoms with Crippen molar-refractivity contribution in [1.82, 2.24) is 5.32 Å². The van der Waals surface area contributed by atoms with Crippen LogP contribution in [0.2, 0.25) is 0 Å². The summed E-state index contributed by atoms with van der Waals surface area (Å²) >= 11 is 0. The van der Waals surface area contributed by atoms with Gasteiger partial charge in [0.1, 0.15) is 18.0 Å². The van der Waals surface area contributed by atoms with Crippen LogP contribution in [0.3, 0.4) is 0 Å². The molecule has 1 saturated heterocycles. The molecule has 10 nitrogen and oxygen atoms in total. The lowest BCUT2D eigenvalue weighted by Crippen LogP contribution is -2.84. The SMILES string of the molecule is CNC1Cc2c(cccc2CO)C#CC23CCC(Cc4cccc(c4)Cc4cccc(c4)C4CCC5C(C4)CC4CC6Cc7cccc(c7)CC7CCC(C7)C(C)C7CCC8C(O6)C45CC4(C=O)C5CCC6(C2)C2(CO)C9=CC(=O)OC9C1CC2CC6(O)C5(O)CC(C7)C84O)C3. The van der Waals surface area contributed by atoms with E-state index < -0.39 is 73.7 Å². The summed E-state index contributed by atoms with van der Waals surface area (Å²) < 4.78 is 14.9. The maximum absolute atomic E-state index is 16.4. The van der Waals surface area contributed by atoms with E-state index in [4.69, 9.17) is 9.47 Å². The average Bonchev–Trinajstić information content (AvgIpc) is 1.33. The van der Waals surface area contributed by atoms with Crippen LogP contribution in [0.1, 0.15) is 198 Å². The van der Waals surface area contributed by atoms with E-state index in [1.165, 1.54) is 58.9 Å². The Kier molecular flexibility index (Phi) is 14.2. The summed E-state index contributed by atoms with van der Waals surface area (Å²) in [5, 5.41) is 75.7. The van der Waals surface area contributed by atoms with Crippen molar-refractivity contribution >= 4 is 12.3 Å². The van der Waals surface area contributed by atoms with Gasteiger partial charge in [-0.3, -0.25) is 0 Å². The van der Waals surface area contributed by atoms with Gasteiger partial charge in [-0.2, -0.15) is 0 Å². The first-order chi connectivity index (χ1) is 46.5. The molecule has 0 amide bonds. The number of hydrogen-bond acceptors (Lipinski definition) is 10. The number of carbonyl (C=O) groups is 2. The Morgan fingerprint density at radius 3 is 2.23 bits per heavy atom. The molecule has 506 valence electrons. The maximum atomic E-state index is 16.4. The number of fused-ring (bicyclic) bond motifs is 8. The fourth-order valence-electron chi connectivity index (χ4n) is 29.2. The van der Waals surface area contributed by atoms with Crippen molar-refractivity contribution in [3.63, 3.8) is 0 Å². The van der Waals surface area contributed by atoms with Gasteiger partial charge in [-0.25, -0.2) is 4.79 Å². The molecule has 26 unspecified atom stereocenters. The van der Waals surface area contributed by atoms with E-state index in [-0.39, 0.29) is 79.8 Å². The first kappa shape index (κ1) is 62.1. The van der Waals surface area contributed by atoms with Crippen LogP contribution in [-0.4, -0.2) is 92.6 Å². The van der Waals surface area contributed by atoms with Crippen molar-refractivity contribution in [3.05, 3.63) is 153 Å². The Bertz CT molecular complexity index is 3920. The minimum atomic E-state index is -1.92. The van der Waals surface area contributed by atoms with Gasteiger partial charge in [0.25, 0.3) is 0 Å². The number of esters is 1. The standard InChI is InChI=1S/C86H103NO9/c1-50-59-16-15-56(32-59)30-52-8-4-10-55(29-52)34-68-38-65-37-64-35-62-18-19-71(64)82(65)47-80(48-89)75-23-26-81-46-79(24-21-57(42-79)31-53-9-3-7-51(27-53)28-54-11-5-13-61(62)33-54)25-22-58-12-6-14-63(45-88)69(58)40-74(87-2)70-39-66(83(81,49-90)73-41-76(91)96-77(70)73)44-85(81,93)84(75,92)43-67-36-60(50)17-20-72(78(82)95-68)86(67,80)94/h3-14,27,29,33,41,48,50,56-57,59-60,62,64-68,70-72,74-75,77-78,87-88,90,92-94H,15-21,23-24,26,28,30-32,34-40,42-47,49H2,1-2H3. The summed E-state index contributed by atoms with van der Waals surface area (Å²) in [6, 6.07) is 34.1. The largest absolute Gasteiger partial charge is 0.454 e. The highest BCUT2D eigenvalue weighted by Crippen LogP contribution is 2.84. The predicted molar refractivity (Wildman–Crippen MR) is 367 cm³/mol. The third kappa shape index (κ3) is 8.38. The number of aldehydes is 1. The quantitative estimate of drug-likeness (QED) is 0.0658. The second-order valence-electron chi connectivity index (χ2n) is 35.9. The first-order valence-electron chi connectivity index (χ1n) is 38.5. The predicted octanol–water partition coefficient (Wildman–Crippen LogP) is 12.7. The number of carbonyl (C=O) groups excluding carboxylic acids is 2.